The number of nitrogens with one attached hydrogen (secondary N) is 1. The van der Waals surface area contributed by atoms with Crippen LogP contribution in [0.15, 0.2) is 34.8 Å². The molecule has 82 valence electrons. The van der Waals surface area contributed by atoms with E-state index in [0.717, 1.165) is 10.2 Å². The molecule has 0 saturated heterocycles. The van der Waals surface area contributed by atoms with E-state index in [-0.39, 0.29) is 5.95 Å². The number of hydrogen-bond acceptors (Lipinski definition) is 4. The van der Waals surface area contributed by atoms with E-state index in [9.17, 15) is 0 Å². The molecule has 4 nitrogen and oxygen atoms in total. The second-order valence-corrected chi connectivity index (χ2v) is 4.37. The lowest BCUT2D eigenvalue weighted by molar-refractivity contribution is 1.18. The van der Waals surface area contributed by atoms with Gasteiger partial charge in [-0.15, -0.1) is 0 Å². The largest absolute Gasteiger partial charge is 0.368 e. The first-order valence-electron chi connectivity index (χ1n) is 4.46. The quantitative estimate of drug-likeness (QED) is 0.836. The van der Waals surface area contributed by atoms with Crippen LogP contribution in [0.4, 0.5) is 17.5 Å². The number of nitrogens with two attached hydrogens (primary N) is 1. The van der Waals surface area contributed by atoms with Gasteiger partial charge in [0.05, 0.1) is 0 Å². The summed E-state index contributed by atoms with van der Waals surface area (Å²) in [6, 6.07) is 9.29. The number of hydrogen-bond donors (Lipinski definition) is 2. The van der Waals surface area contributed by atoms with Gasteiger partial charge in [-0.05, 0) is 24.3 Å². The normalized spacial score (nSPS) is 10.1. The van der Waals surface area contributed by atoms with Crippen molar-refractivity contribution in [3.05, 3.63) is 40.0 Å². The third-order valence-electron chi connectivity index (χ3n) is 1.83. The zero-order chi connectivity index (χ0) is 11.5. The maximum Gasteiger partial charge on any atom is 0.223 e. The van der Waals surface area contributed by atoms with Gasteiger partial charge < -0.3 is 11.1 Å². The van der Waals surface area contributed by atoms with E-state index in [1.165, 1.54) is 0 Å². The number of rotatable bonds is 2. The van der Waals surface area contributed by atoms with Crippen molar-refractivity contribution >= 4 is 45.0 Å². The summed E-state index contributed by atoms with van der Waals surface area (Å²) in [5, 5.41) is 3.39. The second-order valence-electron chi connectivity index (χ2n) is 3.07. The van der Waals surface area contributed by atoms with Gasteiger partial charge in [0.25, 0.3) is 0 Å². The standard InChI is InChI=1S/C10H8BrClN4/c11-6-1-3-7(4-2-6)14-9-5-8(12)15-10(13)16-9/h1-5H,(H3,13,14,15,16). The van der Waals surface area contributed by atoms with Crippen molar-refractivity contribution in [3.63, 3.8) is 0 Å². The number of nitrogen functional groups attached to an aromatic ring is 1. The Morgan fingerprint density at radius 2 is 1.88 bits per heavy atom. The Balaban J connectivity index is 2.23. The fourth-order valence-corrected chi connectivity index (χ4v) is 1.63. The molecule has 2 aromatic rings. The smallest absolute Gasteiger partial charge is 0.223 e. The summed E-state index contributed by atoms with van der Waals surface area (Å²) in [5.74, 6) is 0.715. The van der Waals surface area contributed by atoms with Gasteiger partial charge in [0.15, 0.2) is 0 Å². The maximum atomic E-state index is 5.76. The molecule has 0 aliphatic rings. The van der Waals surface area contributed by atoms with Crippen LogP contribution >= 0.6 is 27.5 Å². The Morgan fingerprint density at radius 3 is 2.50 bits per heavy atom. The fraction of sp³-hybridized carbons (Fsp3) is 0. The van der Waals surface area contributed by atoms with Crippen molar-refractivity contribution in [2.45, 2.75) is 0 Å². The number of halogens is 2. The third-order valence-corrected chi connectivity index (χ3v) is 2.55. The molecule has 0 radical (unpaired) electrons. The average molecular weight is 300 g/mol. The van der Waals surface area contributed by atoms with Crippen LogP contribution in [0.2, 0.25) is 5.15 Å². The van der Waals surface area contributed by atoms with Gasteiger partial charge in [-0.3, -0.25) is 0 Å². The molecule has 0 atom stereocenters. The summed E-state index contributed by atoms with van der Waals surface area (Å²) in [6.07, 6.45) is 0. The van der Waals surface area contributed by atoms with E-state index in [2.05, 4.69) is 31.2 Å². The lowest BCUT2D eigenvalue weighted by Gasteiger charge is -2.06. The van der Waals surface area contributed by atoms with Gasteiger partial charge in [-0.1, -0.05) is 27.5 Å². The molecule has 2 rings (SSSR count). The third kappa shape index (κ3) is 2.84. The van der Waals surface area contributed by atoms with Crippen LogP contribution in [-0.4, -0.2) is 9.97 Å². The highest BCUT2D eigenvalue weighted by Crippen LogP contribution is 2.20. The van der Waals surface area contributed by atoms with E-state index >= 15 is 0 Å². The van der Waals surface area contributed by atoms with Gasteiger partial charge in [-0.25, -0.2) is 4.98 Å². The summed E-state index contributed by atoms with van der Waals surface area (Å²) in [6.45, 7) is 0. The summed E-state index contributed by atoms with van der Waals surface area (Å²) in [7, 11) is 0. The van der Waals surface area contributed by atoms with Crippen LogP contribution in [0.25, 0.3) is 0 Å². The van der Waals surface area contributed by atoms with Crippen LogP contribution in [-0.2, 0) is 0 Å². The Morgan fingerprint density at radius 1 is 1.19 bits per heavy atom. The lowest BCUT2D eigenvalue weighted by Crippen LogP contribution is -1.99. The summed E-state index contributed by atoms with van der Waals surface area (Å²) >= 11 is 9.12. The van der Waals surface area contributed by atoms with E-state index in [0.29, 0.717) is 11.0 Å². The predicted molar refractivity (Wildman–Crippen MR) is 68.9 cm³/mol. The second kappa shape index (κ2) is 4.67. The van der Waals surface area contributed by atoms with Crippen LogP contribution in [0.5, 0.6) is 0 Å². The molecule has 0 amide bonds. The minimum atomic E-state index is 0.145. The summed E-state index contributed by atoms with van der Waals surface area (Å²) < 4.78 is 1.01. The molecule has 0 bridgehead atoms. The molecule has 0 fully saturated rings. The predicted octanol–water partition coefficient (Wildman–Crippen LogP) is 3.22. The van der Waals surface area contributed by atoms with Crippen molar-refractivity contribution in [1.29, 1.82) is 0 Å². The molecule has 1 heterocycles. The average Bonchev–Trinajstić information content (AvgIpc) is 2.20. The van der Waals surface area contributed by atoms with Crippen molar-refractivity contribution in [1.82, 2.24) is 9.97 Å². The van der Waals surface area contributed by atoms with Crippen LogP contribution in [0, 0.1) is 0 Å². The van der Waals surface area contributed by atoms with Crippen molar-refractivity contribution in [3.8, 4) is 0 Å². The van der Waals surface area contributed by atoms with Gasteiger partial charge in [0.2, 0.25) is 5.95 Å². The van der Waals surface area contributed by atoms with E-state index < -0.39 is 0 Å². The van der Waals surface area contributed by atoms with Crippen LogP contribution in [0.1, 0.15) is 0 Å². The molecule has 3 N–H and O–H groups in total. The molecular weight excluding hydrogens is 291 g/mol. The Bertz CT molecular complexity index is 480. The van der Waals surface area contributed by atoms with E-state index in [1.807, 2.05) is 24.3 Å². The zero-order valence-electron chi connectivity index (χ0n) is 8.11. The molecule has 0 aliphatic heterocycles. The molecule has 0 saturated carbocycles. The highest BCUT2D eigenvalue weighted by molar-refractivity contribution is 9.10. The van der Waals surface area contributed by atoms with Gasteiger partial charge >= 0.3 is 0 Å². The SMILES string of the molecule is Nc1nc(Cl)cc(Nc2ccc(Br)cc2)n1. The van der Waals surface area contributed by atoms with E-state index in [1.54, 1.807) is 6.07 Å². The molecule has 0 aliphatic carbocycles. The number of nitrogens with zero attached hydrogens (tertiary/aromatic N) is 2. The van der Waals surface area contributed by atoms with Crippen LogP contribution < -0.4 is 11.1 Å². The first-order chi connectivity index (χ1) is 7.63. The lowest BCUT2D eigenvalue weighted by atomic mass is 10.3. The van der Waals surface area contributed by atoms with Gasteiger partial charge in [0.1, 0.15) is 11.0 Å². The molecule has 1 aromatic heterocycles. The molecule has 16 heavy (non-hydrogen) atoms. The Kier molecular flexibility index (Phi) is 3.26. The number of benzene rings is 1. The summed E-state index contributed by atoms with van der Waals surface area (Å²) in [5.41, 5.74) is 6.38. The van der Waals surface area contributed by atoms with Gasteiger partial charge in [0, 0.05) is 16.2 Å². The highest BCUT2D eigenvalue weighted by atomic mass is 79.9. The number of aromatic nitrogens is 2. The minimum Gasteiger partial charge on any atom is -0.368 e. The monoisotopic (exact) mass is 298 g/mol. The Labute approximate surface area is 106 Å². The summed E-state index contributed by atoms with van der Waals surface area (Å²) in [4.78, 5) is 7.79. The first kappa shape index (κ1) is 11.2. The van der Waals surface area contributed by atoms with Crippen molar-refractivity contribution in [2.75, 3.05) is 11.1 Å². The highest BCUT2D eigenvalue weighted by Gasteiger charge is 2.00. The zero-order valence-corrected chi connectivity index (χ0v) is 10.5. The van der Waals surface area contributed by atoms with Crippen molar-refractivity contribution < 1.29 is 0 Å². The van der Waals surface area contributed by atoms with Crippen LogP contribution in [0.3, 0.4) is 0 Å². The topological polar surface area (TPSA) is 63.8 Å². The fourth-order valence-electron chi connectivity index (χ4n) is 1.18. The molecular formula is C10H8BrClN4. The van der Waals surface area contributed by atoms with Gasteiger partial charge in [-0.2, -0.15) is 4.98 Å². The molecule has 0 spiro atoms. The van der Waals surface area contributed by atoms with Crippen molar-refractivity contribution in [2.24, 2.45) is 0 Å². The molecule has 1 aromatic carbocycles. The molecule has 0 unspecified atom stereocenters. The minimum absolute atomic E-state index is 0.145. The van der Waals surface area contributed by atoms with E-state index in [4.69, 9.17) is 17.3 Å². The Hall–Kier alpha value is -1.33. The molecule has 6 heteroatoms. The number of anilines is 3. The first-order valence-corrected chi connectivity index (χ1v) is 5.63. The maximum absolute atomic E-state index is 5.76.